The zero-order chi connectivity index (χ0) is 23.7. The van der Waals surface area contributed by atoms with Gasteiger partial charge in [0.05, 0.1) is 0 Å². The summed E-state index contributed by atoms with van der Waals surface area (Å²) in [5.41, 5.74) is 1.85. The maximum atomic E-state index is 12.6. The number of piperidine rings is 1. The Bertz CT molecular complexity index is 1490. The second kappa shape index (κ2) is 7.66. The zero-order valence-electron chi connectivity index (χ0n) is 19.3. The summed E-state index contributed by atoms with van der Waals surface area (Å²) < 4.78 is 3.78. The van der Waals surface area contributed by atoms with Crippen molar-refractivity contribution in [2.24, 2.45) is 17.8 Å². The Morgan fingerprint density at radius 3 is 2.46 bits per heavy atom. The van der Waals surface area contributed by atoms with Crippen LogP contribution in [0.15, 0.2) is 50.8 Å². The number of hydrogen-bond donors (Lipinski definition) is 1. The molecular formula is C25H27N7O3. The van der Waals surface area contributed by atoms with Gasteiger partial charge in [-0.3, -0.25) is 14.6 Å². The van der Waals surface area contributed by atoms with E-state index < -0.39 is 5.69 Å². The van der Waals surface area contributed by atoms with Gasteiger partial charge in [-0.25, -0.2) is 4.79 Å². The molecule has 2 saturated heterocycles. The molecule has 4 unspecified atom stereocenters. The summed E-state index contributed by atoms with van der Waals surface area (Å²) in [4.78, 5) is 53.4. The van der Waals surface area contributed by atoms with Crippen LogP contribution < -0.4 is 26.6 Å². The van der Waals surface area contributed by atoms with Gasteiger partial charge in [0.25, 0.3) is 11.1 Å². The van der Waals surface area contributed by atoms with Gasteiger partial charge in [-0.05, 0) is 42.7 Å². The number of H-pyrrole nitrogens is 1. The van der Waals surface area contributed by atoms with Crippen molar-refractivity contribution in [3.05, 3.63) is 79.0 Å². The van der Waals surface area contributed by atoms with Gasteiger partial charge in [-0.1, -0.05) is 12.1 Å². The van der Waals surface area contributed by atoms with Crippen LogP contribution in [0.4, 0.5) is 11.9 Å². The third-order valence-electron chi connectivity index (χ3n) is 8.29. The van der Waals surface area contributed by atoms with Gasteiger partial charge in [0.1, 0.15) is 0 Å². The SMILES string of the molecule is O=c1nc(N2CC3Cc4cccc(=O)n4CC3C2)nc(N2CC3CC(C2)c2cccc(=O)n2C3)[nH]1. The smallest absolute Gasteiger partial charge is 0.341 e. The van der Waals surface area contributed by atoms with Crippen molar-refractivity contribution in [2.45, 2.75) is 31.8 Å². The van der Waals surface area contributed by atoms with Gasteiger partial charge in [0.2, 0.25) is 11.9 Å². The average molecular weight is 474 g/mol. The van der Waals surface area contributed by atoms with Crippen LogP contribution in [0.5, 0.6) is 0 Å². The molecular weight excluding hydrogens is 446 g/mol. The molecule has 4 aliphatic rings. The fourth-order valence-electron chi connectivity index (χ4n) is 6.71. The first-order valence-corrected chi connectivity index (χ1v) is 12.4. The number of fused-ring (bicyclic) bond motifs is 6. The Morgan fingerprint density at radius 2 is 1.57 bits per heavy atom. The topological polar surface area (TPSA) is 109 Å². The van der Waals surface area contributed by atoms with Crippen LogP contribution in [-0.2, 0) is 19.5 Å². The van der Waals surface area contributed by atoms with Crippen LogP contribution in [0.2, 0.25) is 0 Å². The van der Waals surface area contributed by atoms with E-state index in [1.54, 1.807) is 12.1 Å². The Kier molecular flexibility index (Phi) is 4.52. The summed E-state index contributed by atoms with van der Waals surface area (Å²) in [5.74, 6) is 2.31. The van der Waals surface area contributed by atoms with Crippen LogP contribution in [0.1, 0.15) is 23.7 Å². The molecule has 4 atom stereocenters. The monoisotopic (exact) mass is 473 g/mol. The number of rotatable bonds is 2. The lowest BCUT2D eigenvalue weighted by atomic mass is 9.83. The van der Waals surface area contributed by atoms with Crippen molar-refractivity contribution in [3.8, 4) is 0 Å². The fourth-order valence-corrected chi connectivity index (χ4v) is 6.71. The minimum Gasteiger partial charge on any atom is -0.341 e. The highest BCUT2D eigenvalue weighted by Crippen LogP contribution is 2.37. The molecule has 7 heterocycles. The molecule has 0 aliphatic carbocycles. The first kappa shape index (κ1) is 20.7. The van der Waals surface area contributed by atoms with Gasteiger partial charge < -0.3 is 18.9 Å². The molecule has 3 aromatic heterocycles. The first-order chi connectivity index (χ1) is 17.0. The molecule has 7 rings (SSSR count). The third kappa shape index (κ3) is 3.42. The van der Waals surface area contributed by atoms with E-state index >= 15 is 0 Å². The van der Waals surface area contributed by atoms with E-state index in [1.807, 2.05) is 33.4 Å². The number of pyridine rings is 2. The van der Waals surface area contributed by atoms with E-state index in [9.17, 15) is 14.4 Å². The van der Waals surface area contributed by atoms with Crippen LogP contribution in [-0.4, -0.2) is 50.3 Å². The number of nitrogens with zero attached hydrogens (tertiary/aromatic N) is 6. The standard InChI is InChI=1S/C25H27N7O3/c33-21-5-1-3-19-8-16-11-30(13-18(16)14-31(19)21)24-26-23(27-25(35)28-24)29-9-15-7-17(12-29)20-4-2-6-22(34)32(20)10-15/h1-6,15-18H,7-14H2,(H,26,27,28,35). The average Bonchev–Trinajstić information content (AvgIpc) is 3.27. The Labute approximate surface area is 200 Å². The molecule has 1 N–H and O–H groups in total. The molecule has 0 saturated carbocycles. The molecule has 0 aromatic carbocycles. The van der Waals surface area contributed by atoms with Crippen LogP contribution in [0.25, 0.3) is 0 Å². The Balaban J connectivity index is 1.15. The largest absolute Gasteiger partial charge is 0.351 e. The van der Waals surface area contributed by atoms with Crippen molar-refractivity contribution in [2.75, 3.05) is 36.0 Å². The lowest BCUT2D eigenvalue weighted by molar-refractivity contribution is 0.279. The molecule has 2 fully saturated rings. The number of anilines is 2. The van der Waals surface area contributed by atoms with Gasteiger partial charge in [-0.2, -0.15) is 9.97 Å². The number of hydrogen-bond acceptors (Lipinski definition) is 7. The summed E-state index contributed by atoms with van der Waals surface area (Å²) in [6.45, 7) is 4.34. The summed E-state index contributed by atoms with van der Waals surface area (Å²) in [6.07, 6.45) is 1.89. The highest BCUT2D eigenvalue weighted by Gasteiger charge is 2.39. The van der Waals surface area contributed by atoms with Crippen molar-refractivity contribution in [1.82, 2.24) is 24.1 Å². The lowest BCUT2D eigenvalue weighted by Gasteiger charge is -2.42. The molecule has 10 heteroatoms. The summed E-state index contributed by atoms with van der Waals surface area (Å²) in [6, 6.07) is 11.0. The summed E-state index contributed by atoms with van der Waals surface area (Å²) >= 11 is 0. The fraction of sp³-hybridized carbons (Fsp3) is 0.480. The summed E-state index contributed by atoms with van der Waals surface area (Å²) in [5, 5.41) is 0. The maximum absolute atomic E-state index is 12.6. The van der Waals surface area contributed by atoms with Crippen molar-refractivity contribution in [3.63, 3.8) is 0 Å². The Morgan fingerprint density at radius 1 is 0.771 bits per heavy atom. The number of aromatic amines is 1. The molecule has 10 nitrogen and oxygen atoms in total. The van der Waals surface area contributed by atoms with Crippen molar-refractivity contribution >= 4 is 11.9 Å². The van der Waals surface area contributed by atoms with E-state index in [-0.39, 0.29) is 17.0 Å². The number of aromatic nitrogens is 5. The minimum atomic E-state index is -0.397. The second-order valence-corrected chi connectivity index (χ2v) is 10.5. The zero-order valence-corrected chi connectivity index (χ0v) is 19.3. The van der Waals surface area contributed by atoms with E-state index in [4.69, 9.17) is 4.98 Å². The van der Waals surface area contributed by atoms with Crippen molar-refractivity contribution in [1.29, 1.82) is 0 Å². The predicted molar refractivity (Wildman–Crippen MR) is 130 cm³/mol. The quantitative estimate of drug-likeness (QED) is 0.575. The van der Waals surface area contributed by atoms with Gasteiger partial charge in [0.15, 0.2) is 0 Å². The molecule has 2 bridgehead atoms. The normalized spacial score (nSPS) is 26.7. The highest BCUT2D eigenvalue weighted by atomic mass is 16.1. The molecule has 35 heavy (non-hydrogen) atoms. The molecule has 4 aliphatic heterocycles. The molecule has 0 spiro atoms. The van der Waals surface area contributed by atoms with Crippen LogP contribution in [0, 0.1) is 17.8 Å². The van der Waals surface area contributed by atoms with Gasteiger partial charge >= 0.3 is 5.69 Å². The van der Waals surface area contributed by atoms with E-state index in [0.717, 1.165) is 43.9 Å². The second-order valence-electron chi connectivity index (χ2n) is 10.5. The van der Waals surface area contributed by atoms with Crippen LogP contribution >= 0.6 is 0 Å². The van der Waals surface area contributed by atoms with E-state index in [1.165, 1.54) is 0 Å². The van der Waals surface area contributed by atoms with E-state index in [2.05, 4.69) is 19.8 Å². The molecule has 0 amide bonds. The third-order valence-corrected chi connectivity index (χ3v) is 8.29. The molecule has 3 aromatic rings. The van der Waals surface area contributed by atoms with Gasteiger partial charge in [-0.15, -0.1) is 0 Å². The first-order valence-electron chi connectivity index (χ1n) is 12.4. The predicted octanol–water partition coefficient (Wildman–Crippen LogP) is 0.421. The number of nitrogens with one attached hydrogen (secondary N) is 1. The summed E-state index contributed by atoms with van der Waals surface area (Å²) in [7, 11) is 0. The van der Waals surface area contributed by atoms with E-state index in [0.29, 0.717) is 49.3 Å². The van der Waals surface area contributed by atoms with Crippen molar-refractivity contribution < 1.29 is 0 Å². The van der Waals surface area contributed by atoms with Gasteiger partial charge in [0, 0.05) is 68.7 Å². The Hall–Kier alpha value is -3.69. The highest BCUT2D eigenvalue weighted by molar-refractivity contribution is 5.41. The lowest BCUT2D eigenvalue weighted by Crippen LogP contribution is -2.48. The van der Waals surface area contributed by atoms with Crippen LogP contribution in [0.3, 0.4) is 0 Å². The minimum absolute atomic E-state index is 0.0496. The molecule has 0 radical (unpaired) electrons. The molecule has 180 valence electrons. The maximum Gasteiger partial charge on any atom is 0.351 e.